The molecular weight excluding hydrogens is 627 g/mol. The Balaban J connectivity index is 1.92. The van der Waals surface area contributed by atoms with E-state index in [9.17, 15) is 24.6 Å². The third kappa shape index (κ3) is 9.03. The Hall–Kier alpha value is -2.96. The number of aliphatic hydroxyl groups is 2. The fourth-order valence-corrected chi connectivity index (χ4v) is 5.17. The third-order valence-corrected chi connectivity index (χ3v) is 7.62. The molecule has 40 heavy (non-hydrogen) atoms. The van der Waals surface area contributed by atoms with E-state index in [2.05, 4.69) is 27.9 Å². The van der Waals surface area contributed by atoms with Crippen LogP contribution in [0.3, 0.4) is 0 Å². The van der Waals surface area contributed by atoms with E-state index in [1.165, 1.54) is 6.92 Å². The standard InChI is InChI=1S/C30H37IN2O7/c1-20(35)7-5-12-28(36)33(15-13-21-8-6-9-23(17-21)39-2)25-18-22(30(38)32-14-16-34)19-27(29(25)37)40-26-11-4-3-10-24(26)31/h3-4,6,8-11,17,19,25,27,29,34,37H,5,7,12-16,18H2,1-2H3,(H,32,38)/t25-,27+,29+/m1/s1. The number of hydrogen-bond donors (Lipinski definition) is 3. The van der Waals surface area contributed by atoms with Crippen molar-refractivity contribution in [2.24, 2.45) is 0 Å². The van der Waals surface area contributed by atoms with Crippen molar-refractivity contribution < 1.29 is 34.1 Å². The van der Waals surface area contributed by atoms with Gasteiger partial charge >= 0.3 is 0 Å². The van der Waals surface area contributed by atoms with Crippen molar-refractivity contribution in [3.8, 4) is 11.5 Å². The van der Waals surface area contributed by atoms with Crippen LogP contribution in [-0.2, 0) is 20.8 Å². The van der Waals surface area contributed by atoms with Gasteiger partial charge in [0, 0.05) is 37.9 Å². The number of amides is 2. The number of aliphatic hydroxyl groups excluding tert-OH is 2. The molecule has 0 spiro atoms. The molecule has 3 rings (SSSR count). The van der Waals surface area contributed by atoms with Crippen LogP contribution in [0, 0.1) is 3.57 Å². The summed E-state index contributed by atoms with van der Waals surface area (Å²) in [5, 5.41) is 23.4. The molecule has 0 aromatic heterocycles. The molecule has 0 fully saturated rings. The molecule has 0 saturated carbocycles. The first-order chi connectivity index (χ1) is 19.2. The summed E-state index contributed by atoms with van der Waals surface area (Å²) in [6, 6.07) is 14.2. The number of benzene rings is 2. The lowest BCUT2D eigenvalue weighted by molar-refractivity contribution is -0.138. The summed E-state index contributed by atoms with van der Waals surface area (Å²) in [5.41, 5.74) is 1.32. The van der Waals surface area contributed by atoms with Gasteiger partial charge in [0.25, 0.3) is 0 Å². The highest BCUT2D eigenvalue weighted by Crippen LogP contribution is 2.30. The first-order valence-electron chi connectivity index (χ1n) is 13.3. The Bertz CT molecular complexity index is 1200. The fraction of sp³-hybridized carbons (Fsp3) is 0.433. The highest BCUT2D eigenvalue weighted by Gasteiger charge is 2.40. The normalized spacial score (nSPS) is 18.4. The molecule has 3 atom stereocenters. The SMILES string of the molecule is COc1cccc(CCN(C(=O)CCCC(C)=O)[C@@H]2CC(C(=O)NCCO)=C[C@H](Oc3ccccc3I)[C@H]2O)c1. The van der Waals surface area contributed by atoms with Crippen LogP contribution in [0.25, 0.3) is 0 Å². The first kappa shape index (κ1) is 31.6. The molecule has 10 heteroatoms. The number of rotatable bonds is 14. The van der Waals surface area contributed by atoms with Crippen LogP contribution in [0.1, 0.15) is 38.2 Å². The van der Waals surface area contributed by atoms with E-state index in [1.807, 2.05) is 42.5 Å². The predicted molar refractivity (Wildman–Crippen MR) is 159 cm³/mol. The predicted octanol–water partition coefficient (Wildman–Crippen LogP) is 3.05. The van der Waals surface area contributed by atoms with Crippen LogP contribution in [0.5, 0.6) is 11.5 Å². The maximum atomic E-state index is 13.6. The van der Waals surface area contributed by atoms with Crippen LogP contribution >= 0.6 is 22.6 Å². The number of halogens is 1. The number of ketones is 1. The molecule has 0 radical (unpaired) electrons. The van der Waals surface area contributed by atoms with Crippen molar-refractivity contribution in [3.63, 3.8) is 0 Å². The van der Waals surface area contributed by atoms with Crippen LogP contribution in [0.4, 0.5) is 0 Å². The van der Waals surface area contributed by atoms with Crippen molar-refractivity contribution >= 4 is 40.2 Å². The Morgan fingerprint density at radius 2 is 1.90 bits per heavy atom. The zero-order chi connectivity index (χ0) is 29.1. The molecule has 0 bridgehead atoms. The summed E-state index contributed by atoms with van der Waals surface area (Å²) in [6.07, 6.45) is 1.01. The zero-order valence-corrected chi connectivity index (χ0v) is 25.0. The average molecular weight is 665 g/mol. The Kier molecular flexibility index (Phi) is 12.4. The lowest BCUT2D eigenvalue weighted by Crippen LogP contribution is -2.55. The minimum absolute atomic E-state index is 0.00475. The second-order valence-electron chi connectivity index (χ2n) is 9.69. The topological polar surface area (TPSA) is 125 Å². The number of nitrogens with one attached hydrogen (secondary N) is 1. The second kappa shape index (κ2) is 15.7. The quantitative estimate of drug-likeness (QED) is 0.265. The molecule has 0 saturated heterocycles. The van der Waals surface area contributed by atoms with Gasteiger partial charge in [0.15, 0.2) is 0 Å². The van der Waals surface area contributed by atoms with Gasteiger partial charge in [0.2, 0.25) is 11.8 Å². The number of nitrogens with zero attached hydrogens (tertiary/aromatic N) is 1. The van der Waals surface area contributed by atoms with Gasteiger partial charge in [0.1, 0.15) is 29.5 Å². The van der Waals surface area contributed by atoms with Crippen LogP contribution in [0.2, 0.25) is 0 Å². The van der Waals surface area contributed by atoms with Gasteiger partial charge in [-0.3, -0.25) is 9.59 Å². The molecule has 9 nitrogen and oxygen atoms in total. The molecule has 0 heterocycles. The van der Waals surface area contributed by atoms with Gasteiger partial charge in [-0.25, -0.2) is 0 Å². The second-order valence-corrected chi connectivity index (χ2v) is 10.9. The Morgan fingerprint density at radius 3 is 2.60 bits per heavy atom. The number of carbonyl (C=O) groups is 3. The van der Waals surface area contributed by atoms with E-state index in [4.69, 9.17) is 9.47 Å². The number of ether oxygens (including phenoxy) is 2. The molecule has 1 aliphatic carbocycles. The fourth-order valence-electron chi connectivity index (χ4n) is 4.65. The Labute approximate surface area is 248 Å². The highest BCUT2D eigenvalue weighted by atomic mass is 127. The highest BCUT2D eigenvalue weighted by molar-refractivity contribution is 14.1. The minimum atomic E-state index is -1.12. The van der Waals surface area contributed by atoms with E-state index >= 15 is 0 Å². The monoisotopic (exact) mass is 664 g/mol. The number of carbonyl (C=O) groups excluding carboxylic acids is 3. The van der Waals surface area contributed by atoms with Crippen molar-refractivity contribution in [2.75, 3.05) is 26.8 Å². The first-order valence-corrected chi connectivity index (χ1v) is 14.4. The maximum Gasteiger partial charge on any atom is 0.247 e. The van der Waals surface area contributed by atoms with E-state index in [-0.39, 0.29) is 56.6 Å². The van der Waals surface area contributed by atoms with Crippen molar-refractivity contribution in [1.29, 1.82) is 0 Å². The number of para-hydroxylation sites is 1. The average Bonchev–Trinajstić information content (AvgIpc) is 2.94. The van der Waals surface area contributed by atoms with Gasteiger partial charge in [0.05, 0.1) is 23.3 Å². The molecule has 0 unspecified atom stereocenters. The number of hydrogen-bond acceptors (Lipinski definition) is 7. The van der Waals surface area contributed by atoms with E-state index in [0.29, 0.717) is 29.9 Å². The van der Waals surface area contributed by atoms with Gasteiger partial charge in [-0.2, -0.15) is 0 Å². The molecule has 2 aromatic carbocycles. The van der Waals surface area contributed by atoms with Gasteiger partial charge < -0.3 is 34.7 Å². The third-order valence-electron chi connectivity index (χ3n) is 6.73. The lowest BCUT2D eigenvalue weighted by atomic mass is 9.87. The van der Waals surface area contributed by atoms with Crippen molar-refractivity contribution in [2.45, 2.75) is 57.3 Å². The molecule has 3 N–H and O–H groups in total. The summed E-state index contributed by atoms with van der Waals surface area (Å²) in [7, 11) is 1.59. The van der Waals surface area contributed by atoms with Crippen molar-refractivity contribution in [1.82, 2.24) is 10.2 Å². The minimum Gasteiger partial charge on any atom is -0.497 e. The molecular formula is C30H37IN2O7. The summed E-state index contributed by atoms with van der Waals surface area (Å²) < 4.78 is 12.4. The summed E-state index contributed by atoms with van der Waals surface area (Å²) in [5.74, 6) is 0.656. The van der Waals surface area contributed by atoms with E-state index in [0.717, 1.165) is 9.13 Å². The van der Waals surface area contributed by atoms with Crippen molar-refractivity contribution in [3.05, 3.63) is 69.3 Å². The maximum absolute atomic E-state index is 13.6. The van der Waals surface area contributed by atoms with Gasteiger partial charge in [-0.05, 0) is 78.3 Å². The summed E-state index contributed by atoms with van der Waals surface area (Å²) in [6.45, 7) is 1.64. The zero-order valence-electron chi connectivity index (χ0n) is 22.8. The molecule has 2 aromatic rings. The van der Waals surface area contributed by atoms with Gasteiger partial charge in [-0.1, -0.05) is 24.3 Å². The Morgan fingerprint density at radius 1 is 1.12 bits per heavy atom. The smallest absolute Gasteiger partial charge is 0.247 e. The molecule has 216 valence electrons. The van der Waals surface area contributed by atoms with Crippen LogP contribution in [0.15, 0.2) is 60.2 Å². The summed E-state index contributed by atoms with van der Waals surface area (Å²) in [4.78, 5) is 39.7. The lowest BCUT2D eigenvalue weighted by Gasteiger charge is -2.40. The summed E-state index contributed by atoms with van der Waals surface area (Å²) >= 11 is 2.14. The largest absolute Gasteiger partial charge is 0.497 e. The number of Topliss-reactive ketones (excluding diaryl/α,β-unsaturated/α-hetero) is 1. The van der Waals surface area contributed by atoms with E-state index < -0.39 is 18.2 Å². The van der Waals surface area contributed by atoms with E-state index in [1.54, 1.807) is 24.2 Å². The number of methoxy groups -OCH3 is 1. The van der Waals surface area contributed by atoms with Crippen LogP contribution < -0.4 is 14.8 Å². The molecule has 0 aliphatic heterocycles. The molecule has 2 amide bonds. The molecule has 1 aliphatic rings. The van der Waals surface area contributed by atoms with Gasteiger partial charge in [-0.15, -0.1) is 0 Å². The van der Waals surface area contributed by atoms with Crippen LogP contribution in [-0.4, -0.2) is 77.8 Å².